The lowest BCUT2D eigenvalue weighted by molar-refractivity contribution is -0.112. The Labute approximate surface area is 139 Å². The summed E-state index contributed by atoms with van der Waals surface area (Å²) >= 11 is 5.87. The zero-order valence-corrected chi connectivity index (χ0v) is 13.5. The number of amides is 1. The van der Waals surface area contributed by atoms with E-state index in [2.05, 4.69) is 5.32 Å². The summed E-state index contributed by atoms with van der Waals surface area (Å²) in [5.74, 6) is -0.304. The number of anilines is 1. The Morgan fingerprint density at radius 2 is 1.91 bits per heavy atom. The number of aromatic hydroxyl groups is 1. The third kappa shape index (κ3) is 4.12. The highest BCUT2D eigenvalue weighted by Crippen LogP contribution is 2.24. The van der Waals surface area contributed by atoms with E-state index in [1.54, 1.807) is 50.2 Å². The maximum Gasteiger partial charge on any atom is 0.266 e. The van der Waals surface area contributed by atoms with Gasteiger partial charge in [-0.25, -0.2) is 0 Å². The van der Waals surface area contributed by atoms with Crippen LogP contribution in [0.2, 0.25) is 5.02 Å². The van der Waals surface area contributed by atoms with E-state index in [1.165, 1.54) is 6.08 Å². The van der Waals surface area contributed by atoms with Crippen LogP contribution >= 0.6 is 11.6 Å². The Kier molecular flexibility index (Phi) is 5.05. The maximum atomic E-state index is 12.2. The zero-order chi connectivity index (χ0) is 17.0. The summed E-state index contributed by atoms with van der Waals surface area (Å²) in [5.41, 5.74) is 2.53. The number of halogens is 1. The molecule has 0 unspecified atom stereocenters. The first kappa shape index (κ1) is 16.6. The first-order valence-electron chi connectivity index (χ1n) is 6.89. The standard InChI is InChI=1S/C18H15ClN2O2/c1-11-6-13(7-12(2)17(11)22)8-14(10-20)18(23)21-16-5-3-4-15(19)9-16/h3-9,22H,1-2H3,(H,21,23)/b14-8-. The van der Waals surface area contributed by atoms with Crippen molar-refractivity contribution in [3.63, 3.8) is 0 Å². The van der Waals surface area contributed by atoms with Crippen LogP contribution in [-0.2, 0) is 4.79 Å². The average molecular weight is 327 g/mol. The van der Waals surface area contributed by atoms with Crippen molar-refractivity contribution >= 4 is 29.3 Å². The second-order valence-corrected chi connectivity index (χ2v) is 5.57. The lowest BCUT2D eigenvalue weighted by atomic mass is 10.0. The van der Waals surface area contributed by atoms with Gasteiger partial charge in [-0.3, -0.25) is 4.79 Å². The Balaban J connectivity index is 2.28. The molecule has 0 aliphatic rings. The molecular weight excluding hydrogens is 312 g/mol. The van der Waals surface area contributed by atoms with Gasteiger partial charge < -0.3 is 10.4 Å². The van der Waals surface area contributed by atoms with Crippen LogP contribution in [-0.4, -0.2) is 11.0 Å². The zero-order valence-electron chi connectivity index (χ0n) is 12.7. The van der Waals surface area contributed by atoms with Crippen LogP contribution in [0.4, 0.5) is 5.69 Å². The Morgan fingerprint density at radius 1 is 1.26 bits per heavy atom. The van der Waals surface area contributed by atoms with Crippen molar-refractivity contribution in [3.8, 4) is 11.8 Å². The maximum absolute atomic E-state index is 12.2. The molecule has 0 saturated carbocycles. The van der Waals surface area contributed by atoms with Crippen molar-refractivity contribution in [1.29, 1.82) is 5.26 Å². The number of benzene rings is 2. The van der Waals surface area contributed by atoms with Crippen molar-refractivity contribution in [3.05, 3.63) is 63.7 Å². The molecule has 0 fully saturated rings. The summed E-state index contributed by atoms with van der Waals surface area (Å²) in [4.78, 5) is 12.2. The van der Waals surface area contributed by atoms with E-state index in [4.69, 9.17) is 11.6 Å². The van der Waals surface area contributed by atoms with Crippen LogP contribution in [0, 0.1) is 25.2 Å². The minimum absolute atomic E-state index is 0.0329. The molecule has 4 nitrogen and oxygen atoms in total. The number of phenolic OH excluding ortho intramolecular Hbond substituents is 1. The number of hydrogen-bond donors (Lipinski definition) is 2. The van der Waals surface area contributed by atoms with Crippen LogP contribution < -0.4 is 5.32 Å². The van der Waals surface area contributed by atoms with E-state index >= 15 is 0 Å². The predicted octanol–water partition coefficient (Wildman–Crippen LogP) is 4.21. The molecule has 0 spiro atoms. The van der Waals surface area contributed by atoms with Crippen molar-refractivity contribution in [2.75, 3.05) is 5.32 Å². The van der Waals surface area contributed by atoms with Crippen molar-refractivity contribution in [2.24, 2.45) is 0 Å². The van der Waals surface area contributed by atoms with Crippen molar-refractivity contribution in [2.45, 2.75) is 13.8 Å². The summed E-state index contributed by atoms with van der Waals surface area (Å²) in [6.07, 6.45) is 1.49. The van der Waals surface area contributed by atoms with Gasteiger partial charge in [0.25, 0.3) is 5.91 Å². The Hall–Kier alpha value is -2.77. The van der Waals surface area contributed by atoms with Gasteiger partial charge in [-0.2, -0.15) is 5.26 Å². The number of nitriles is 1. The molecule has 0 aliphatic heterocycles. The van der Waals surface area contributed by atoms with E-state index in [0.717, 1.165) is 0 Å². The van der Waals surface area contributed by atoms with Crippen LogP contribution in [0.1, 0.15) is 16.7 Å². The van der Waals surface area contributed by atoms with Crippen molar-refractivity contribution < 1.29 is 9.90 Å². The van der Waals surface area contributed by atoms with Gasteiger partial charge in [0, 0.05) is 10.7 Å². The van der Waals surface area contributed by atoms with Crippen LogP contribution in [0.3, 0.4) is 0 Å². The molecule has 1 amide bonds. The third-order valence-electron chi connectivity index (χ3n) is 3.27. The molecule has 0 bridgehead atoms. The second-order valence-electron chi connectivity index (χ2n) is 5.14. The SMILES string of the molecule is Cc1cc(/C=C(/C#N)C(=O)Nc2cccc(Cl)c2)cc(C)c1O. The minimum atomic E-state index is -0.516. The number of nitrogens with zero attached hydrogens (tertiary/aromatic N) is 1. The fourth-order valence-electron chi connectivity index (χ4n) is 2.15. The highest BCUT2D eigenvalue weighted by atomic mass is 35.5. The molecule has 0 saturated heterocycles. The summed E-state index contributed by atoms with van der Waals surface area (Å²) in [6, 6.07) is 12.0. The quantitative estimate of drug-likeness (QED) is 0.655. The molecule has 2 aromatic rings. The van der Waals surface area contributed by atoms with Crippen LogP contribution in [0.15, 0.2) is 42.0 Å². The Morgan fingerprint density at radius 3 is 2.48 bits per heavy atom. The number of aryl methyl sites for hydroxylation is 2. The number of carbonyl (C=O) groups excluding carboxylic acids is 1. The van der Waals surface area contributed by atoms with E-state index in [9.17, 15) is 15.2 Å². The number of rotatable bonds is 3. The monoisotopic (exact) mass is 326 g/mol. The summed E-state index contributed by atoms with van der Waals surface area (Å²) in [6.45, 7) is 3.52. The number of nitrogens with one attached hydrogen (secondary N) is 1. The lowest BCUT2D eigenvalue weighted by Crippen LogP contribution is -2.13. The topological polar surface area (TPSA) is 73.1 Å². The average Bonchev–Trinajstić information content (AvgIpc) is 2.50. The first-order valence-corrected chi connectivity index (χ1v) is 7.27. The largest absolute Gasteiger partial charge is 0.507 e. The van der Waals surface area contributed by atoms with E-state index in [0.29, 0.717) is 27.4 Å². The summed E-state index contributed by atoms with van der Waals surface area (Å²) < 4.78 is 0. The van der Waals surface area contributed by atoms with Gasteiger partial charge in [0.15, 0.2) is 0 Å². The highest BCUT2D eigenvalue weighted by molar-refractivity contribution is 6.31. The lowest BCUT2D eigenvalue weighted by Gasteiger charge is -2.07. The minimum Gasteiger partial charge on any atom is -0.507 e. The molecule has 2 aromatic carbocycles. The number of hydrogen-bond acceptors (Lipinski definition) is 3. The molecule has 0 radical (unpaired) electrons. The molecule has 2 rings (SSSR count). The fraction of sp³-hybridized carbons (Fsp3) is 0.111. The van der Waals surface area contributed by atoms with Gasteiger partial charge in [0.2, 0.25) is 0 Å². The normalized spacial score (nSPS) is 11.0. The molecule has 0 aromatic heterocycles. The Bertz CT molecular complexity index is 812. The molecule has 5 heteroatoms. The van der Waals surface area contributed by atoms with Crippen LogP contribution in [0.5, 0.6) is 5.75 Å². The summed E-state index contributed by atoms with van der Waals surface area (Å²) in [7, 11) is 0. The van der Waals surface area contributed by atoms with Gasteiger partial charge in [-0.05, 0) is 66.9 Å². The smallest absolute Gasteiger partial charge is 0.266 e. The molecule has 0 aliphatic carbocycles. The molecule has 116 valence electrons. The molecule has 0 heterocycles. The molecule has 2 N–H and O–H groups in total. The molecule has 0 atom stereocenters. The second kappa shape index (κ2) is 6.99. The number of carbonyl (C=O) groups is 1. The fourth-order valence-corrected chi connectivity index (χ4v) is 2.34. The molecular formula is C18H15ClN2O2. The van der Waals surface area contributed by atoms with Gasteiger partial charge in [-0.15, -0.1) is 0 Å². The van der Waals surface area contributed by atoms with E-state index in [-0.39, 0.29) is 11.3 Å². The van der Waals surface area contributed by atoms with E-state index in [1.807, 2.05) is 6.07 Å². The van der Waals surface area contributed by atoms with Crippen molar-refractivity contribution in [1.82, 2.24) is 0 Å². The number of phenols is 1. The van der Waals surface area contributed by atoms with Gasteiger partial charge in [-0.1, -0.05) is 17.7 Å². The molecule has 23 heavy (non-hydrogen) atoms. The van der Waals surface area contributed by atoms with Gasteiger partial charge in [0.1, 0.15) is 17.4 Å². The van der Waals surface area contributed by atoms with Gasteiger partial charge >= 0.3 is 0 Å². The summed E-state index contributed by atoms with van der Waals surface area (Å²) in [5, 5.41) is 22.1. The third-order valence-corrected chi connectivity index (χ3v) is 3.51. The van der Waals surface area contributed by atoms with E-state index < -0.39 is 5.91 Å². The van der Waals surface area contributed by atoms with Gasteiger partial charge in [0.05, 0.1) is 0 Å². The van der Waals surface area contributed by atoms with Crippen LogP contribution in [0.25, 0.3) is 6.08 Å². The predicted molar refractivity (Wildman–Crippen MR) is 91.3 cm³/mol. The highest BCUT2D eigenvalue weighted by Gasteiger charge is 2.11. The first-order chi connectivity index (χ1) is 10.9.